The standard InChI is InChI=1S/C23H31NO5/c1-23(2,3)29-21(26)15-18-13-7-4-5-10-14-20(25)28-19(16-24-22(18)27)17-11-8-6-9-12-17/h4,6-9,11-12,18-19H,5,10,13-16H2,1-3H3,(H,24,27)/t18-,19-/m0/s1. The predicted octanol–water partition coefficient (Wildman–Crippen LogP) is 3.87. The van der Waals surface area contributed by atoms with Gasteiger partial charge in [-0.3, -0.25) is 14.4 Å². The monoisotopic (exact) mass is 401 g/mol. The third-order valence-electron chi connectivity index (χ3n) is 4.45. The summed E-state index contributed by atoms with van der Waals surface area (Å²) in [6.07, 6.45) is 5.42. The molecule has 6 nitrogen and oxygen atoms in total. The summed E-state index contributed by atoms with van der Waals surface area (Å²) < 4.78 is 11.0. The smallest absolute Gasteiger partial charge is 0.307 e. The Morgan fingerprint density at radius 1 is 1.17 bits per heavy atom. The van der Waals surface area contributed by atoms with Crippen molar-refractivity contribution in [2.45, 2.75) is 64.6 Å². The van der Waals surface area contributed by atoms with Crippen molar-refractivity contribution >= 4 is 17.8 Å². The van der Waals surface area contributed by atoms with Gasteiger partial charge in [0.25, 0.3) is 0 Å². The number of hydrogen-bond donors (Lipinski definition) is 1. The fourth-order valence-corrected chi connectivity index (χ4v) is 3.06. The van der Waals surface area contributed by atoms with Crippen molar-refractivity contribution in [2.24, 2.45) is 5.92 Å². The number of carbonyl (C=O) groups excluding carboxylic acids is 3. The summed E-state index contributed by atoms with van der Waals surface area (Å²) in [4.78, 5) is 37.2. The number of benzene rings is 1. The number of rotatable bonds is 3. The van der Waals surface area contributed by atoms with Crippen LogP contribution in [0.4, 0.5) is 0 Å². The number of allylic oxidation sites excluding steroid dienone is 2. The van der Waals surface area contributed by atoms with E-state index in [-0.39, 0.29) is 24.8 Å². The first kappa shape index (κ1) is 22.7. The highest BCUT2D eigenvalue weighted by Gasteiger charge is 2.26. The van der Waals surface area contributed by atoms with Crippen LogP contribution in [-0.2, 0) is 23.9 Å². The maximum absolute atomic E-state index is 12.8. The van der Waals surface area contributed by atoms with Crippen LogP contribution in [-0.4, -0.2) is 30.0 Å². The number of nitrogens with one attached hydrogen (secondary N) is 1. The molecule has 6 heteroatoms. The minimum absolute atomic E-state index is 0.00321. The Kier molecular flexibility index (Phi) is 8.43. The number of carbonyl (C=O) groups is 3. The highest BCUT2D eigenvalue weighted by Crippen LogP contribution is 2.20. The van der Waals surface area contributed by atoms with Crippen LogP contribution in [0.3, 0.4) is 0 Å². The van der Waals surface area contributed by atoms with Gasteiger partial charge in [-0.1, -0.05) is 42.5 Å². The first-order chi connectivity index (χ1) is 13.7. The molecule has 0 bridgehead atoms. The van der Waals surface area contributed by atoms with E-state index in [0.29, 0.717) is 25.7 Å². The number of amides is 1. The van der Waals surface area contributed by atoms with Crippen molar-refractivity contribution in [3.05, 3.63) is 48.0 Å². The van der Waals surface area contributed by atoms with Crippen molar-refractivity contribution in [2.75, 3.05) is 6.54 Å². The first-order valence-corrected chi connectivity index (χ1v) is 10.1. The molecule has 0 aromatic heterocycles. The van der Waals surface area contributed by atoms with Gasteiger partial charge in [0.1, 0.15) is 11.7 Å². The second-order valence-electron chi connectivity index (χ2n) is 8.22. The molecule has 0 aliphatic carbocycles. The van der Waals surface area contributed by atoms with E-state index in [1.807, 2.05) is 42.5 Å². The van der Waals surface area contributed by atoms with E-state index < -0.39 is 23.6 Å². The molecule has 2 rings (SSSR count). The van der Waals surface area contributed by atoms with Gasteiger partial charge in [0, 0.05) is 6.42 Å². The van der Waals surface area contributed by atoms with Crippen LogP contribution in [0.15, 0.2) is 42.5 Å². The zero-order valence-electron chi connectivity index (χ0n) is 17.5. The zero-order chi connectivity index (χ0) is 21.3. The average molecular weight is 402 g/mol. The summed E-state index contributed by atoms with van der Waals surface area (Å²) in [7, 11) is 0. The van der Waals surface area contributed by atoms with E-state index in [1.54, 1.807) is 20.8 Å². The number of esters is 2. The third kappa shape index (κ3) is 8.50. The molecule has 1 N–H and O–H groups in total. The van der Waals surface area contributed by atoms with E-state index in [9.17, 15) is 14.4 Å². The number of cyclic esters (lactones) is 1. The first-order valence-electron chi connectivity index (χ1n) is 10.1. The van der Waals surface area contributed by atoms with Gasteiger partial charge in [-0.2, -0.15) is 0 Å². The molecule has 1 heterocycles. The molecule has 0 fully saturated rings. The fraction of sp³-hybridized carbons (Fsp3) is 0.522. The molecule has 158 valence electrons. The molecule has 29 heavy (non-hydrogen) atoms. The van der Waals surface area contributed by atoms with Crippen molar-refractivity contribution in [3.8, 4) is 0 Å². The molecule has 1 aliphatic heterocycles. The maximum Gasteiger partial charge on any atom is 0.307 e. The van der Waals surface area contributed by atoms with E-state index >= 15 is 0 Å². The van der Waals surface area contributed by atoms with Gasteiger partial charge in [-0.05, 0) is 45.6 Å². The Morgan fingerprint density at radius 3 is 2.59 bits per heavy atom. The minimum atomic E-state index is -0.598. The molecular formula is C23H31NO5. The van der Waals surface area contributed by atoms with E-state index in [4.69, 9.17) is 9.47 Å². The Labute approximate surface area is 172 Å². The van der Waals surface area contributed by atoms with E-state index in [0.717, 1.165) is 5.56 Å². The average Bonchev–Trinajstić information content (AvgIpc) is 2.66. The van der Waals surface area contributed by atoms with Gasteiger partial charge in [-0.25, -0.2) is 0 Å². The van der Waals surface area contributed by atoms with Gasteiger partial charge < -0.3 is 14.8 Å². The lowest BCUT2D eigenvalue weighted by Crippen LogP contribution is -2.36. The molecule has 1 aliphatic rings. The second kappa shape index (κ2) is 10.8. The minimum Gasteiger partial charge on any atom is -0.460 e. The van der Waals surface area contributed by atoms with Gasteiger partial charge in [0.15, 0.2) is 0 Å². The third-order valence-corrected chi connectivity index (χ3v) is 4.45. The zero-order valence-corrected chi connectivity index (χ0v) is 17.5. The summed E-state index contributed by atoms with van der Waals surface area (Å²) >= 11 is 0. The van der Waals surface area contributed by atoms with Crippen molar-refractivity contribution < 1.29 is 23.9 Å². The SMILES string of the molecule is CC(C)(C)OC(=O)C[C@@H]1CC=CCCCC(=O)O[C@H](c2ccccc2)CNC1=O. The van der Waals surface area contributed by atoms with Crippen LogP contribution in [0.2, 0.25) is 0 Å². The Bertz CT molecular complexity index is 721. The molecule has 1 amide bonds. The van der Waals surface area contributed by atoms with Crippen LogP contribution >= 0.6 is 0 Å². The summed E-state index contributed by atoms with van der Waals surface area (Å²) in [5.41, 5.74) is 0.220. The summed E-state index contributed by atoms with van der Waals surface area (Å²) in [5, 5.41) is 2.85. The fourth-order valence-electron chi connectivity index (χ4n) is 3.06. The Morgan fingerprint density at radius 2 is 1.90 bits per heavy atom. The van der Waals surface area contributed by atoms with Crippen molar-refractivity contribution in [3.63, 3.8) is 0 Å². The highest BCUT2D eigenvalue weighted by molar-refractivity contribution is 5.84. The Hall–Kier alpha value is -2.63. The molecule has 1 aromatic rings. The highest BCUT2D eigenvalue weighted by atomic mass is 16.6. The molecule has 0 saturated carbocycles. The molecule has 2 atom stereocenters. The van der Waals surface area contributed by atoms with Crippen molar-refractivity contribution in [1.82, 2.24) is 5.32 Å². The Balaban J connectivity index is 2.12. The van der Waals surface area contributed by atoms with Gasteiger partial charge in [0.05, 0.1) is 18.9 Å². The van der Waals surface area contributed by atoms with Crippen molar-refractivity contribution in [1.29, 1.82) is 0 Å². The summed E-state index contributed by atoms with van der Waals surface area (Å²) in [6, 6.07) is 9.33. The predicted molar refractivity (Wildman–Crippen MR) is 110 cm³/mol. The molecule has 0 spiro atoms. The molecule has 0 unspecified atom stereocenters. The van der Waals surface area contributed by atoms with Crippen LogP contribution in [0.5, 0.6) is 0 Å². The van der Waals surface area contributed by atoms with E-state index in [2.05, 4.69) is 5.32 Å². The van der Waals surface area contributed by atoms with Crippen LogP contribution in [0.1, 0.15) is 64.5 Å². The second-order valence-corrected chi connectivity index (χ2v) is 8.22. The largest absolute Gasteiger partial charge is 0.460 e. The molecule has 0 saturated heterocycles. The summed E-state index contributed by atoms with van der Waals surface area (Å²) in [6.45, 7) is 5.56. The topological polar surface area (TPSA) is 81.7 Å². The summed E-state index contributed by atoms with van der Waals surface area (Å²) in [5.74, 6) is -1.47. The van der Waals surface area contributed by atoms with Crippen LogP contribution in [0, 0.1) is 5.92 Å². The lowest BCUT2D eigenvalue weighted by molar-refractivity contribution is -0.157. The van der Waals surface area contributed by atoms with E-state index in [1.165, 1.54) is 0 Å². The van der Waals surface area contributed by atoms with Gasteiger partial charge >= 0.3 is 11.9 Å². The normalized spacial score (nSPS) is 21.8. The maximum atomic E-state index is 12.8. The molecule has 1 aromatic carbocycles. The molecular weight excluding hydrogens is 370 g/mol. The van der Waals surface area contributed by atoms with Crippen LogP contribution < -0.4 is 5.32 Å². The molecule has 0 radical (unpaired) electrons. The van der Waals surface area contributed by atoms with Gasteiger partial charge in [-0.15, -0.1) is 0 Å². The van der Waals surface area contributed by atoms with Gasteiger partial charge in [0.2, 0.25) is 5.91 Å². The quantitative estimate of drug-likeness (QED) is 0.614. The lowest BCUT2D eigenvalue weighted by Gasteiger charge is -2.23. The number of ether oxygens (including phenoxy) is 2. The lowest BCUT2D eigenvalue weighted by atomic mass is 9.99. The number of hydrogen-bond acceptors (Lipinski definition) is 5. The van der Waals surface area contributed by atoms with Crippen LogP contribution in [0.25, 0.3) is 0 Å².